The number of amides is 2. The van der Waals surface area contributed by atoms with E-state index in [-0.39, 0.29) is 23.5 Å². The molecule has 0 spiro atoms. The summed E-state index contributed by atoms with van der Waals surface area (Å²) in [7, 11) is 0. The summed E-state index contributed by atoms with van der Waals surface area (Å²) in [5.74, 6) is 0.929. The van der Waals surface area contributed by atoms with Gasteiger partial charge in [-0.25, -0.2) is 0 Å². The standard InChI is InChI=1S/C18H22N2O3/c21-16-4-3-13-5-6-19(10-14(13)7-16)18(23)15-8-17(22)20(11-15)9-12-1-2-12/h3-4,7,12,15,21H,1-2,5-6,8-11H2. The molecule has 1 saturated heterocycles. The summed E-state index contributed by atoms with van der Waals surface area (Å²) >= 11 is 0. The molecule has 1 unspecified atom stereocenters. The number of fused-ring (bicyclic) bond motifs is 1. The normalized spacial score (nSPS) is 24.0. The number of aromatic hydroxyl groups is 1. The van der Waals surface area contributed by atoms with E-state index in [1.54, 1.807) is 12.1 Å². The van der Waals surface area contributed by atoms with Gasteiger partial charge in [-0.2, -0.15) is 0 Å². The molecule has 1 aromatic rings. The molecular formula is C18H22N2O3. The van der Waals surface area contributed by atoms with Crippen molar-refractivity contribution < 1.29 is 14.7 Å². The first-order valence-electron chi connectivity index (χ1n) is 8.47. The fourth-order valence-electron chi connectivity index (χ4n) is 3.72. The van der Waals surface area contributed by atoms with Crippen molar-refractivity contribution in [1.29, 1.82) is 0 Å². The van der Waals surface area contributed by atoms with Gasteiger partial charge in [-0.3, -0.25) is 9.59 Å². The molecule has 3 aliphatic rings. The minimum absolute atomic E-state index is 0.0886. The highest BCUT2D eigenvalue weighted by molar-refractivity contribution is 5.89. The Morgan fingerprint density at radius 1 is 1.26 bits per heavy atom. The number of likely N-dealkylation sites (tertiary alicyclic amines) is 1. The molecule has 5 heteroatoms. The molecule has 1 atom stereocenters. The SMILES string of the molecule is O=C1CC(C(=O)N2CCc3ccc(O)cc3C2)CN1CC1CC1. The first kappa shape index (κ1) is 14.5. The Labute approximate surface area is 135 Å². The van der Waals surface area contributed by atoms with Crippen LogP contribution in [0.15, 0.2) is 18.2 Å². The van der Waals surface area contributed by atoms with Gasteiger partial charge in [0, 0.05) is 32.6 Å². The highest BCUT2D eigenvalue weighted by Crippen LogP contribution is 2.33. The van der Waals surface area contributed by atoms with Crippen LogP contribution in [0, 0.1) is 11.8 Å². The minimum atomic E-state index is -0.194. The monoisotopic (exact) mass is 314 g/mol. The highest BCUT2D eigenvalue weighted by Gasteiger charge is 2.39. The van der Waals surface area contributed by atoms with Gasteiger partial charge in [0.15, 0.2) is 0 Å². The Hall–Kier alpha value is -2.04. The number of carbonyl (C=O) groups excluding carboxylic acids is 2. The van der Waals surface area contributed by atoms with Crippen molar-refractivity contribution in [2.24, 2.45) is 11.8 Å². The van der Waals surface area contributed by atoms with Crippen LogP contribution < -0.4 is 0 Å². The van der Waals surface area contributed by atoms with Crippen LogP contribution in [0.5, 0.6) is 5.75 Å². The van der Waals surface area contributed by atoms with Gasteiger partial charge in [0.25, 0.3) is 0 Å². The van der Waals surface area contributed by atoms with Crippen molar-refractivity contribution in [2.45, 2.75) is 32.2 Å². The van der Waals surface area contributed by atoms with E-state index in [1.807, 2.05) is 15.9 Å². The Balaban J connectivity index is 1.42. The quantitative estimate of drug-likeness (QED) is 0.920. The Bertz CT molecular complexity index is 654. The molecule has 2 amide bonds. The summed E-state index contributed by atoms with van der Waals surface area (Å²) in [6.07, 6.45) is 3.60. The second kappa shape index (κ2) is 5.55. The minimum Gasteiger partial charge on any atom is -0.508 e. The summed E-state index contributed by atoms with van der Waals surface area (Å²) in [5, 5.41) is 9.63. The molecule has 1 aliphatic carbocycles. The third kappa shape index (κ3) is 2.92. The molecular weight excluding hydrogens is 292 g/mol. The predicted molar refractivity (Wildman–Crippen MR) is 84.6 cm³/mol. The van der Waals surface area contributed by atoms with Crippen molar-refractivity contribution in [2.75, 3.05) is 19.6 Å². The average Bonchev–Trinajstić information content (AvgIpc) is 3.28. The number of hydrogen-bond acceptors (Lipinski definition) is 3. The molecule has 0 aromatic heterocycles. The molecule has 0 radical (unpaired) electrons. The van der Waals surface area contributed by atoms with E-state index in [2.05, 4.69) is 0 Å². The number of nitrogens with zero attached hydrogens (tertiary/aromatic N) is 2. The lowest BCUT2D eigenvalue weighted by molar-refractivity contribution is -0.136. The van der Waals surface area contributed by atoms with Crippen LogP contribution in [0.4, 0.5) is 0 Å². The molecule has 2 fully saturated rings. The van der Waals surface area contributed by atoms with Gasteiger partial charge < -0.3 is 14.9 Å². The zero-order chi connectivity index (χ0) is 16.0. The van der Waals surface area contributed by atoms with Gasteiger partial charge in [-0.05, 0) is 48.4 Å². The molecule has 122 valence electrons. The van der Waals surface area contributed by atoms with Crippen LogP contribution >= 0.6 is 0 Å². The van der Waals surface area contributed by atoms with Crippen molar-refractivity contribution in [3.63, 3.8) is 0 Å². The van der Waals surface area contributed by atoms with Crippen LogP contribution in [0.1, 0.15) is 30.4 Å². The Morgan fingerprint density at radius 3 is 2.87 bits per heavy atom. The Kier molecular flexibility index (Phi) is 3.51. The van der Waals surface area contributed by atoms with Crippen LogP contribution in [0.3, 0.4) is 0 Å². The maximum absolute atomic E-state index is 12.8. The molecule has 23 heavy (non-hydrogen) atoms. The van der Waals surface area contributed by atoms with Crippen molar-refractivity contribution in [3.8, 4) is 5.75 Å². The van der Waals surface area contributed by atoms with Gasteiger partial charge >= 0.3 is 0 Å². The first-order chi connectivity index (χ1) is 11.1. The number of benzene rings is 1. The van der Waals surface area contributed by atoms with Crippen molar-refractivity contribution in [3.05, 3.63) is 29.3 Å². The molecule has 4 rings (SSSR count). The largest absolute Gasteiger partial charge is 0.508 e. The third-order valence-corrected chi connectivity index (χ3v) is 5.25. The van der Waals surface area contributed by atoms with E-state index in [1.165, 1.54) is 18.4 Å². The van der Waals surface area contributed by atoms with Crippen LogP contribution in [0.2, 0.25) is 0 Å². The molecule has 2 heterocycles. The van der Waals surface area contributed by atoms with E-state index < -0.39 is 0 Å². The zero-order valence-corrected chi connectivity index (χ0v) is 13.2. The van der Waals surface area contributed by atoms with E-state index >= 15 is 0 Å². The summed E-state index contributed by atoms with van der Waals surface area (Å²) in [6.45, 7) is 2.65. The molecule has 0 bridgehead atoms. The van der Waals surface area contributed by atoms with E-state index in [9.17, 15) is 14.7 Å². The lowest BCUT2D eigenvalue weighted by Gasteiger charge is -2.31. The van der Waals surface area contributed by atoms with Crippen LogP contribution in [-0.4, -0.2) is 46.4 Å². The smallest absolute Gasteiger partial charge is 0.228 e. The summed E-state index contributed by atoms with van der Waals surface area (Å²) in [5.41, 5.74) is 2.22. The van der Waals surface area contributed by atoms with Crippen LogP contribution in [-0.2, 0) is 22.6 Å². The number of hydrogen-bond donors (Lipinski definition) is 1. The second-order valence-electron chi connectivity index (χ2n) is 7.11. The second-order valence-corrected chi connectivity index (χ2v) is 7.11. The zero-order valence-electron chi connectivity index (χ0n) is 13.2. The maximum atomic E-state index is 12.8. The highest BCUT2D eigenvalue weighted by atomic mass is 16.3. The third-order valence-electron chi connectivity index (χ3n) is 5.25. The summed E-state index contributed by atoms with van der Waals surface area (Å²) < 4.78 is 0. The van der Waals surface area contributed by atoms with Gasteiger partial charge in [0.05, 0.1) is 5.92 Å². The molecule has 1 aromatic carbocycles. The van der Waals surface area contributed by atoms with Gasteiger partial charge in [-0.15, -0.1) is 0 Å². The first-order valence-corrected chi connectivity index (χ1v) is 8.47. The summed E-state index contributed by atoms with van der Waals surface area (Å²) in [6, 6.07) is 5.37. The lowest BCUT2D eigenvalue weighted by Crippen LogP contribution is -2.40. The molecule has 1 N–H and O–H groups in total. The fourth-order valence-corrected chi connectivity index (χ4v) is 3.72. The fraction of sp³-hybridized carbons (Fsp3) is 0.556. The predicted octanol–water partition coefficient (Wildman–Crippen LogP) is 1.54. The van der Waals surface area contributed by atoms with Crippen LogP contribution in [0.25, 0.3) is 0 Å². The molecule has 2 aliphatic heterocycles. The Morgan fingerprint density at radius 2 is 2.09 bits per heavy atom. The summed E-state index contributed by atoms with van der Waals surface area (Å²) in [4.78, 5) is 28.6. The van der Waals surface area contributed by atoms with E-state index in [0.29, 0.717) is 32.0 Å². The van der Waals surface area contributed by atoms with Gasteiger partial charge in [0.1, 0.15) is 5.75 Å². The van der Waals surface area contributed by atoms with E-state index in [0.717, 1.165) is 18.5 Å². The number of phenolic OH excluding ortho intramolecular Hbond substituents is 1. The average molecular weight is 314 g/mol. The number of carbonyl (C=O) groups is 2. The van der Waals surface area contributed by atoms with E-state index in [4.69, 9.17) is 0 Å². The van der Waals surface area contributed by atoms with Crippen molar-refractivity contribution in [1.82, 2.24) is 9.80 Å². The van der Waals surface area contributed by atoms with Gasteiger partial charge in [-0.1, -0.05) is 6.07 Å². The molecule has 1 saturated carbocycles. The molecule has 5 nitrogen and oxygen atoms in total. The lowest BCUT2D eigenvalue weighted by atomic mass is 9.97. The number of phenols is 1. The topological polar surface area (TPSA) is 60.9 Å². The van der Waals surface area contributed by atoms with Gasteiger partial charge in [0.2, 0.25) is 11.8 Å². The number of rotatable bonds is 3. The maximum Gasteiger partial charge on any atom is 0.228 e. The van der Waals surface area contributed by atoms with Crippen molar-refractivity contribution >= 4 is 11.8 Å².